The SMILES string of the molecule is CC1(C)c2ccccc2-c2ccc(-n3c4ccccc4c4ccc5c(ccn5-c5ccccc5)c43)cc21. The summed E-state index contributed by atoms with van der Waals surface area (Å²) >= 11 is 0. The summed E-state index contributed by atoms with van der Waals surface area (Å²) in [5.74, 6) is 0. The summed E-state index contributed by atoms with van der Waals surface area (Å²) in [4.78, 5) is 0. The Bertz CT molecular complexity index is 2000. The number of fused-ring (bicyclic) bond motifs is 8. The molecule has 0 fully saturated rings. The van der Waals surface area contributed by atoms with Gasteiger partial charge in [0.05, 0.1) is 16.6 Å². The van der Waals surface area contributed by atoms with E-state index in [0.717, 1.165) is 0 Å². The highest BCUT2D eigenvalue weighted by molar-refractivity contribution is 6.18. The fourth-order valence-electron chi connectivity index (χ4n) is 6.59. The van der Waals surface area contributed by atoms with Crippen LogP contribution in [0, 0.1) is 0 Å². The van der Waals surface area contributed by atoms with E-state index in [9.17, 15) is 0 Å². The van der Waals surface area contributed by atoms with Gasteiger partial charge in [-0.3, -0.25) is 0 Å². The van der Waals surface area contributed by atoms with Gasteiger partial charge in [0.2, 0.25) is 0 Å². The zero-order chi connectivity index (χ0) is 24.7. The predicted molar refractivity (Wildman–Crippen MR) is 155 cm³/mol. The Morgan fingerprint density at radius 2 is 1.27 bits per heavy atom. The number of aromatic nitrogens is 2. The minimum absolute atomic E-state index is 0.0351. The summed E-state index contributed by atoms with van der Waals surface area (Å²) in [5, 5.41) is 3.84. The Morgan fingerprint density at radius 3 is 2.16 bits per heavy atom. The smallest absolute Gasteiger partial charge is 0.0635 e. The van der Waals surface area contributed by atoms with E-state index in [4.69, 9.17) is 0 Å². The number of hydrogen-bond acceptors (Lipinski definition) is 0. The van der Waals surface area contributed by atoms with Crippen LogP contribution in [-0.2, 0) is 5.41 Å². The molecule has 1 aliphatic rings. The molecule has 0 atom stereocenters. The van der Waals surface area contributed by atoms with Crippen LogP contribution >= 0.6 is 0 Å². The normalized spacial score (nSPS) is 13.9. The van der Waals surface area contributed by atoms with Crippen molar-refractivity contribution in [2.24, 2.45) is 0 Å². The van der Waals surface area contributed by atoms with Crippen molar-refractivity contribution in [3.05, 3.63) is 133 Å². The highest BCUT2D eigenvalue weighted by atomic mass is 15.0. The Hall–Kier alpha value is -4.56. The Kier molecular flexibility index (Phi) is 4.03. The Balaban J connectivity index is 1.45. The lowest BCUT2D eigenvalue weighted by Crippen LogP contribution is -2.15. The molecule has 0 radical (unpaired) electrons. The van der Waals surface area contributed by atoms with Gasteiger partial charge in [0.15, 0.2) is 0 Å². The monoisotopic (exact) mass is 474 g/mol. The van der Waals surface area contributed by atoms with Crippen molar-refractivity contribution in [1.82, 2.24) is 9.13 Å². The van der Waals surface area contributed by atoms with Crippen LogP contribution in [0.1, 0.15) is 25.0 Å². The third kappa shape index (κ3) is 2.70. The summed E-state index contributed by atoms with van der Waals surface area (Å²) in [6.07, 6.45) is 2.20. The Morgan fingerprint density at radius 1 is 0.514 bits per heavy atom. The topological polar surface area (TPSA) is 9.86 Å². The molecule has 0 amide bonds. The quantitative estimate of drug-likeness (QED) is 0.236. The van der Waals surface area contributed by atoms with Gasteiger partial charge in [-0.2, -0.15) is 0 Å². The summed E-state index contributed by atoms with van der Waals surface area (Å²) in [6, 6.07) is 42.1. The van der Waals surface area contributed by atoms with Gasteiger partial charge in [0, 0.05) is 39.1 Å². The number of para-hydroxylation sites is 2. The zero-order valence-corrected chi connectivity index (χ0v) is 20.9. The van der Waals surface area contributed by atoms with Crippen molar-refractivity contribution >= 4 is 32.7 Å². The van der Waals surface area contributed by atoms with Crippen molar-refractivity contribution in [3.63, 3.8) is 0 Å². The zero-order valence-electron chi connectivity index (χ0n) is 20.9. The molecule has 0 unspecified atom stereocenters. The second-order valence-corrected chi connectivity index (χ2v) is 10.7. The maximum absolute atomic E-state index is 2.47. The molecule has 0 saturated carbocycles. The average Bonchev–Trinajstić information content (AvgIpc) is 3.58. The molecule has 0 saturated heterocycles. The van der Waals surface area contributed by atoms with Gasteiger partial charge in [-0.25, -0.2) is 0 Å². The van der Waals surface area contributed by atoms with Crippen molar-refractivity contribution in [2.75, 3.05) is 0 Å². The van der Waals surface area contributed by atoms with Crippen LogP contribution in [0.25, 0.3) is 55.2 Å². The summed E-state index contributed by atoms with van der Waals surface area (Å²) < 4.78 is 4.76. The van der Waals surface area contributed by atoms with E-state index >= 15 is 0 Å². The molecule has 1 aliphatic carbocycles. The van der Waals surface area contributed by atoms with E-state index in [0.29, 0.717) is 0 Å². The van der Waals surface area contributed by atoms with E-state index in [2.05, 4.69) is 144 Å². The molecule has 2 nitrogen and oxygen atoms in total. The van der Waals surface area contributed by atoms with Crippen molar-refractivity contribution < 1.29 is 0 Å². The van der Waals surface area contributed by atoms with Gasteiger partial charge < -0.3 is 9.13 Å². The molecule has 2 heterocycles. The first-order chi connectivity index (χ1) is 18.1. The van der Waals surface area contributed by atoms with Gasteiger partial charge in [-0.05, 0) is 64.7 Å². The number of benzene rings is 5. The predicted octanol–water partition coefficient (Wildman–Crippen LogP) is 9.03. The second-order valence-electron chi connectivity index (χ2n) is 10.7. The lowest BCUT2D eigenvalue weighted by molar-refractivity contribution is 0.660. The van der Waals surface area contributed by atoms with Crippen LogP contribution in [0.2, 0.25) is 0 Å². The first kappa shape index (κ1) is 20.6. The fraction of sp³-hybridized carbons (Fsp3) is 0.0857. The Labute approximate surface area is 216 Å². The van der Waals surface area contributed by atoms with Gasteiger partial charge >= 0.3 is 0 Å². The highest BCUT2D eigenvalue weighted by Crippen LogP contribution is 2.49. The van der Waals surface area contributed by atoms with E-state index in [1.807, 2.05) is 0 Å². The molecule has 37 heavy (non-hydrogen) atoms. The largest absolute Gasteiger partial charge is 0.316 e. The molecular formula is C35H26N2. The molecule has 2 aromatic heterocycles. The molecule has 8 rings (SSSR count). The minimum atomic E-state index is -0.0351. The van der Waals surface area contributed by atoms with Gasteiger partial charge in [-0.1, -0.05) is 86.6 Å². The lowest BCUT2D eigenvalue weighted by atomic mass is 9.82. The van der Waals surface area contributed by atoms with Crippen molar-refractivity contribution in [3.8, 4) is 22.5 Å². The molecule has 0 bridgehead atoms. The van der Waals surface area contributed by atoms with E-state index in [1.165, 1.54) is 66.3 Å². The fourth-order valence-corrected chi connectivity index (χ4v) is 6.59. The van der Waals surface area contributed by atoms with Crippen LogP contribution in [0.3, 0.4) is 0 Å². The van der Waals surface area contributed by atoms with Crippen molar-refractivity contribution in [1.29, 1.82) is 0 Å². The maximum atomic E-state index is 2.47. The molecule has 5 aromatic carbocycles. The van der Waals surface area contributed by atoms with Crippen molar-refractivity contribution in [2.45, 2.75) is 19.3 Å². The van der Waals surface area contributed by atoms with E-state index in [-0.39, 0.29) is 5.41 Å². The van der Waals surface area contributed by atoms with Gasteiger partial charge in [0.25, 0.3) is 0 Å². The molecule has 2 heteroatoms. The van der Waals surface area contributed by atoms with E-state index in [1.54, 1.807) is 0 Å². The molecule has 0 spiro atoms. The summed E-state index contributed by atoms with van der Waals surface area (Å²) in [5.41, 5.74) is 11.6. The number of nitrogens with zero attached hydrogens (tertiary/aromatic N) is 2. The second kappa shape index (κ2) is 7.24. The van der Waals surface area contributed by atoms with Crippen LogP contribution in [0.15, 0.2) is 121 Å². The molecular weight excluding hydrogens is 448 g/mol. The highest BCUT2D eigenvalue weighted by Gasteiger charge is 2.35. The maximum Gasteiger partial charge on any atom is 0.0635 e. The summed E-state index contributed by atoms with van der Waals surface area (Å²) in [6.45, 7) is 4.71. The first-order valence-electron chi connectivity index (χ1n) is 13.0. The number of rotatable bonds is 2. The lowest BCUT2D eigenvalue weighted by Gasteiger charge is -2.22. The first-order valence-corrected chi connectivity index (χ1v) is 13.0. The average molecular weight is 475 g/mol. The summed E-state index contributed by atoms with van der Waals surface area (Å²) in [7, 11) is 0. The molecule has 0 aliphatic heterocycles. The van der Waals surface area contributed by atoms with Crippen LogP contribution < -0.4 is 0 Å². The molecule has 0 N–H and O–H groups in total. The third-order valence-electron chi connectivity index (χ3n) is 8.36. The van der Waals surface area contributed by atoms with Gasteiger partial charge in [0.1, 0.15) is 0 Å². The molecule has 7 aromatic rings. The minimum Gasteiger partial charge on any atom is -0.316 e. The standard InChI is InChI=1S/C35H26N2/c1-35(2)30-14-8-6-12-25(30)26-17-16-24(22-31(26)35)37-33-15-9-7-13-27(33)28-18-19-32-29(34(28)37)20-21-36(32)23-10-4-3-5-11-23/h3-22H,1-2H3. The van der Waals surface area contributed by atoms with Crippen LogP contribution in [0.4, 0.5) is 0 Å². The third-order valence-corrected chi connectivity index (χ3v) is 8.36. The van der Waals surface area contributed by atoms with E-state index < -0.39 is 0 Å². The number of hydrogen-bond donors (Lipinski definition) is 0. The van der Waals surface area contributed by atoms with Crippen LogP contribution in [0.5, 0.6) is 0 Å². The van der Waals surface area contributed by atoms with Gasteiger partial charge in [-0.15, -0.1) is 0 Å². The van der Waals surface area contributed by atoms with Crippen LogP contribution in [-0.4, -0.2) is 9.13 Å². The molecule has 176 valence electrons.